The van der Waals surface area contributed by atoms with Crippen LogP contribution in [0.15, 0.2) is 85.0 Å². The minimum absolute atomic E-state index is 0.229. The van der Waals surface area contributed by atoms with Gasteiger partial charge in [0, 0.05) is 6.54 Å². The highest BCUT2D eigenvalue weighted by Crippen LogP contribution is 2.15. The van der Waals surface area contributed by atoms with Gasteiger partial charge in [0.05, 0.1) is 6.04 Å². The number of nitrogens with one attached hydrogen (secondary N) is 1. The highest BCUT2D eigenvalue weighted by atomic mass is 14.9. The number of allylic oxidation sites excluding steroid dienone is 3. The monoisotopic (exact) mass is 263 g/mol. The molecule has 0 aliphatic rings. The van der Waals surface area contributed by atoms with Gasteiger partial charge in [0.2, 0.25) is 0 Å². The van der Waals surface area contributed by atoms with Gasteiger partial charge in [-0.15, -0.1) is 0 Å². The van der Waals surface area contributed by atoms with Crippen molar-refractivity contribution in [3.05, 3.63) is 96.1 Å². The van der Waals surface area contributed by atoms with Gasteiger partial charge in [0.25, 0.3) is 0 Å². The standard InChI is InChI=1S/C19H21N/c1-2-3-6-15-19(18-13-9-5-10-14-18)20-16-17-11-7-4-8-12-17/h2-15,19-20H,16H2,1H3/b3-2+,15-6+/t19-/m1/s1. The fourth-order valence-corrected chi connectivity index (χ4v) is 2.07. The first-order chi connectivity index (χ1) is 9.90. The zero-order chi connectivity index (χ0) is 14.0. The molecule has 0 spiro atoms. The topological polar surface area (TPSA) is 12.0 Å². The SMILES string of the molecule is C/C=C/C=C/[C@@H](NCc1ccccc1)c1ccccc1. The average molecular weight is 263 g/mol. The van der Waals surface area contributed by atoms with E-state index in [9.17, 15) is 0 Å². The van der Waals surface area contributed by atoms with Crippen molar-refractivity contribution >= 4 is 0 Å². The van der Waals surface area contributed by atoms with Gasteiger partial charge in [0.1, 0.15) is 0 Å². The van der Waals surface area contributed by atoms with Crippen molar-refractivity contribution in [3.63, 3.8) is 0 Å². The van der Waals surface area contributed by atoms with E-state index < -0.39 is 0 Å². The Morgan fingerprint density at radius 2 is 1.55 bits per heavy atom. The van der Waals surface area contributed by atoms with Crippen LogP contribution in [0.1, 0.15) is 24.1 Å². The van der Waals surface area contributed by atoms with Crippen LogP contribution in [0, 0.1) is 0 Å². The number of hydrogen-bond donors (Lipinski definition) is 1. The second kappa shape index (κ2) is 8.13. The molecule has 2 rings (SSSR count). The molecule has 1 N–H and O–H groups in total. The summed E-state index contributed by atoms with van der Waals surface area (Å²) in [5.41, 5.74) is 2.58. The third-order valence-electron chi connectivity index (χ3n) is 3.13. The van der Waals surface area contributed by atoms with Gasteiger partial charge in [-0.1, -0.05) is 85.0 Å². The van der Waals surface area contributed by atoms with Crippen LogP contribution in [0.2, 0.25) is 0 Å². The van der Waals surface area contributed by atoms with E-state index >= 15 is 0 Å². The van der Waals surface area contributed by atoms with Gasteiger partial charge in [0.15, 0.2) is 0 Å². The van der Waals surface area contributed by atoms with Gasteiger partial charge in [-0.3, -0.25) is 0 Å². The molecule has 2 aromatic carbocycles. The Kier molecular flexibility index (Phi) is 5.81. The van der Waals surface area contributed by atoms with E-state index in [4.69, 9.17) is 0 Å². The Labute approximate surface area is 121 Å². The molecule has 0 bridgehead atoms. The van der Waals surface area contributed by atoms with Crippen LogP contribution in [0.4, 0.5) is 0 Å². The Morgan fingerprint density at radius 3 is 2.20 bits per heavy atom. The Bertz CT molecular complexity index is 540. The van der Waals surface area contributed by atoms with Crippen LogP contribution in [0.25, 0.3) is 0 Å². The predicted molar refractivity (Wildman–Crippen MR) is 86.4 cm³/mol. The minimum atomic E-state index is 0.229. The summed E-state index contributed by atoms with van der Waals surface area (Å²) in [5.74, 6) is 0. The zero-order valence-corrected chi connectivity index (χ0v) is 11.9. The molecule has 1 heteroatoms. The molecule has 0 aliphatic heterocycles. The molecule has 0 amide bonds. The lowest BCUT2D eigenvalue weighted by Crippen LogP contribution is -2.19. The molecule has 0 saturated carbocycles. The van der Waals surface area contributed by atoms with Crippen LogP contribution < -0.4 is 5.32 Å². The van der Waals surface area contributed by atoms with Crippen LogP contribution in [0.5, 0.6) is 0 Å². The smallest absolute Gasteiger partial charge is 0.0511 e. The Hall–Kier alpha value is -2.12. The molecular weight excluding hydrogens is 242 g/mol. The Morgan fingerprint density at radius 1 is 0.900 bits per heavy atom. The van der Waals surface area contributed by atoms with E-state index in [0.29, 0.717) is 0 Å². The summed E-state index contributed by atoms with van der Waals surface area (Å²) in [6.07, 6.45) is 8.38. The first-order valence-corrected chi connectivity index (χ1v) is 7.02. The molecule has 0 aromatic heterocycles. The van der Waals surface area contributed by atoms with Crippen LogP contribution >= 0.6 is 0 Å². The molecule has 102 valence electrons. The van der Waals surface area contributed by atoms with Crippen LogP contribution in [0.3, 0.4) is 0 Å². The van der Waals surface area contributed by atoms with Crippen molar-refractivity contribution in [1.82, 2.24) is 5.32 Å². The fourth-order valence-electron chi connectivity index (χ4n) is 2.07. The lowest BCUT2D eigenvalue weighted by Gasteiger charge is -2.15. The van der Waals surface area contributed by atoms with Crippen LogP contribution in [-0.4, -0.2) is 0 Å². The molecule has 0 saturated heterocycles. The van der Waals surface area contributed by atoms with Crippen molar-refractivity contribution in [3.8, 4) is 0 Å². The van der Waals surface area contributed by atoms with Gasteiger partial charge in [-0.05, 0) is 18.1 Å². The lowest BCUT2D eigenvalue weighted by atomic mass is 10.1. The quantitative estimate of drug-likeness (QED) is 0.748. The number of hydrogen-bond acceptors (Lipinski definition) is 1. The maximum atomic E-state index is 3.59. The van der Waals surface area contributed by atoms with Gasteiger partial charge in [-0.2, -0.15) is 0 Å². The summed E-state index contributed by atoms with van der Waals surface area (Å²) in [4.78, 5) is 0. The van der Waals surface area contributed by atoms with Gasteiger partial charge >= 0.3 is 0 Å². The fraction of sp³-hybridized carbons (Fsp3) is 0.158. The lowest BCUT2D eigenvalue weighted by molar-refractivity contribution is 0.621. The van der Waals surface area contributed by atoms with E-state index in [0.717, 1.165) is 6.54 Å². The van der Waals surface area contributed by atoms with Crippen LogP contribution in [-0.2, 0) is 6.54 Å². The summed E-state index contributed by atoms with van der Waals surface area (Å²) in [6, 6.07) is 21.2. The average Bonchev–Trinajstić information content (AvgIpc) is 2.52. The number of benzene rings is 2. The second-order valence-corrected chi connectivity index (χ2v) is 4.67. The molecule has 0 heterocycles. The third kappa shape index (κ3) is 4.52. The van der Waals surface area contributed by atoms with E-state index in [1.807, 2.05) is 25.1 Å². The van der Waals surface area contributed by atoms with Crippen molar-refractivity contribution in [1.29, 1.82) is 0 Å². The Balaban J connectivity index is 2.07. The zero-order valence-electron chi connectivity index (χ0n) is 11.9. The van der Waals surface area contributed by atoms with Crippen molar-refractivity contribution < 1.29 is 0 Å². The molecule has 2 aromatic rings. The van der Waals surface area contributed by atoms with Crippen molar-refractivity contribution in [2.75, 3.05) is 0 Å². The number of rotatable bonds is 6. The molecule has 0 aliphatic carbocycles. The summed E-state index contributed by atoms with van der Waals surface area (Å²) < 4.78 is 0. The van der Waals surface area contributed by atoms with E-state index in [1.54, 1.807) is 0 Å². The minimum Gasteiger partial charge on any atom is -0.303 e. The highest BCUT2D eigenvalue weighted by molar-refractivity contribution is 5.25. The maximum absolute atomic E-state index is 3.59. The largest absolute Gasteiger partial charge is 0.303 e. The first-order valence-electron chi connectivity index (χ1n) is 7.02. The molecule has 20 heavy (non-hydrogen) atoms. The van der Waals surface area contributed by atoms with E-state index in [1.165, 1.54) is 11.1 Å². The first kappa shape index (κ1) is 14.3. The molecular formula is C19H21N. The highest BCUT2D eigenvalue weighted by Gasteiger charge is 2.06. The summed E-state index contributed by atoms with van der Waals surface area (Å²) >= 11 is 0. The molecule has 0 fully saturated rings. The molecule has 1 nitrogen and oxygen atoms in total. The predicted octanol–water partition coefficient (Wildman–Crippen LogP) is 4.65. The van der Waals surface area contributed by atoms with Gasteiger partial charge < -0.3 is 5.32 Å². The van der Waals surface area contributed by atoms with Crippen molar-refractivity contribution in [2.45, 2.75) is 19.5 Å². The van der Waals surface area contributed by atoms with Gasteiger partial charge in [-0.25, -0.2) is 0 Å². The summed E-state index contributed by atoms with van der Waals surface area (Å²) in [6.45, 7) is 2.89. The molecule has 0 radical (unpaired) electrons. The third-order valence-corrected chi connectivity index (χ3v) is 3.13. The molecule has 1 atom stereocenters. The summed E-state index contributed by atoms with van der Waals surface area (Å²) in [7, 11) is 0. The summed E-state index contributed by atoms with van der Waals surface area (Å²) in [5, 5.41) is 3.59. The second-order valence-electron chi connectivity index (χ2n) is 4.67. The molecule has 0 unspecified atom stereocenters. The van der Waals surface area contributed by atoms with E-state index in [-0.39, 0.29) is 6.04 Å². The van der Waals surface area contributed by atoms with E-state index in [2.05, 4.69) is 72.1 Å². The normalized spacial score (nSPS) is 13.1. The maximum Gasteiger partial charge on any atom is 0.0511 e. The van der Waals surface area contributed by atoms with Crippen molar-refractivity contribution in [2.24, 2.45) is 0 Å².